The van der Waals surface area contributed by atoms with Crippen molar-refractivity contribution in [3.63, 3.8) is 0 Å². The fourth-order valence-electron chi connectivity index (χ4n) is 3.33. The summed E-state index contributed by atoms with van der Waals surface area (Å²) in [5.41, 5.74) is 2.94. The molecule has 0 heterocycles. The molecule has 1 amide bonds. The first kappa shape index (κ1) is 20.3. The molecule has 29 heavy (non-hydrogen) atoms. The smallest absolute Gasteiger partial charge is 0.331 e. The summed E-state index contributed by atoms with van der Waals surface area (Å²) in [4.78, 5) is 34.6. The van der Waals surface area contributed by atoms with E-state index >= 15 is 0 Å². The number of aryl methyl sites for hydroxylation is 1. The molecule has 0 fully saturated rings. The number of rotatable bonds is 6. The van der Waals surface area contributed by atoms with Crippen LogP contribution in [0.4, 0.5) is 5.69 Å². The first-order chi connectivity index (χ1) is 13.9. The number of non-ortho nitro benzene ring substituents is 1. The summed E-state index contributed by atoms with van der Waals surface area (Å²) < 4.78 is 5.18. The van der Waals surface area contributed by atoms with E-state index in [1.807, 2.05) is 18.2 Å². The van der Waals surface area contributed by atoms with Crippen LogP contribution < -0.4 is 5.32 Å². The van der Waals surface area contributed by atoms with Crippen LogP contribution in [0.2, 0.25) is 0 Å². The predicted octanol–water partition coefficient (Wildman–Crippen LogP) is 3.73. The predicted molar refractivity (Wildman–Crippen MR) is 108 cm³/mol. The third-order valence-corrected chi connectivity index (χ3v) is 4.86. The van der Waals surface area contributed by atoms with E-state index in [1.54, 1.807) is 0 Å². The second kappa shape index (κ2) is 9.14. The number of esters is 1. The molecule has 0 spiro atoms. The molecular formula is C22H22N2O5. The van der Waals surface area contributed by atoms with Gasteiger partial charge in [-0.25, -0.2) is 4.79 Å². The van der Waals surface area contributed by atoms with Crippen LogP contribution >= 0.6 is 0 Å². The third kappa shape index (κ3) is 5.28. The van der Waals surface area contributed by atoms with Gasteiger partial charge in [-0.1, -0.05) is 24.3 Å². The molecule has 7 nitrogen and oxygen atoms in total. The van der Waals surface area contributed by atoms with Gasteiger partial charge in [0.15, 0.2) is 6.10 Å². The maximum atomic E-state index is 12.5. The Morgan fingerprint density at radius 3 is 2.66 bits per heavy atom. The molecule has 2 atom stereocenters. The molecule has 2 aromatic rings. The van der Waals surface area contributed by atoms with Crippen molar-refractivity contribution in [1.82, 2.24) is 5.32 Å². The minimum Gasteiger partial charge on any atom is -0.449 e. The molecule has 3 rings (SSSR count). The summed E-state index contributed by atoms with van der Waals surface area (Å²) >= 11 is 0. The fourth-order valence-corrected chi connectivity index (χ4v) is 3.33. The number of hydrogen-bond donors (Lipinski definition) is 1. The van der Waals surface area contributed by atoms with Crippen molar-refractivity contribution in [2.45, 2.75) is 38.3 Å². The van der Waals surface area contributed by atoms with Crippen LogP contribution in [0, 0.1) is 10.1 Å². The lowest BCUT2D eigenvalue weighted by atomic mass is 9.87. The molecular weight excluding hydrogens is 372 g/mol. The van der Waals surface area contributed by atoms with Crippen molar-refractivity contribution in [2.75, 3.05) is 0 Å². The van der Waals surface area contributed by atoms with E-state index in [-0.39, 0.29) is 17.6 Å². The van der Waals surface area contributed by atoms with Gasteiger partial charge in [0.25, 0.3) is 11.6 Å². The average Bonchev–Trinajstić information content (AvgIpc) is 2.72. The van der Waals surface area contributed by atoms with Crippen molar-refractivity contribution < 1.29 is 19.2 Å². The highest BCUT2D eigenvalue weighted by Gasteiger charge is 2.24. The Morgan fingerprint density at radius 1 is 1.21 bits per heavy atom. The van der Waals surface area contributed by atoms with E-state index in [0.29, 0.717) is 5.56 Å². The first-order valence-electron chi connectivity index (χ1n) is 9.45. The molecule has 0 aromatic heterocycles. The van der Waals surface area contributed by atoms with Gasteiger partial charge in [0.2, 0.25) is 0 Å². The molecule has 1 aliphatic rings. The molecule has 0 unspecified atom stereocenters. The summed E-state index contributed by atoms with van der Waals surface area (Å²) in [6.07, 6.45) is 4.59. The maximum Gasteiger partial charge on any atom is 0.331 e. The lowest BCUT2D eigenvalue weighted by Gasteiger charge is -2.27. The normalized spacial score (nSPS) is 16.7. The number of carbonyl (C=O) groups is 2. The van der Waals surface area contributed by atoms with Crippen LogP contribution in [0.25, 0.3) is 6.08 Å². The van der Waals surface area contributed by atoms with Gasteiger partial charge in [0.1, 0.15) is 0 Å². The van der Waals surface area contributed by atoms with Crippen LogP contribution in [-0.4, -0.2) is 22.9 Å². The van der Waals surface area contributed by atoms with Crippen LogP contribution in [0.1, 0.15) is 42.5 Å². The molecule has 1 aliphatic carbocycles. The number of benzene rings is 2. The molecule has 0 saturated carbocycles. The molecule has 0 bridgehead atoms. The lowest BCUT2D eigenvalue weighted by Crippen LogP contribution is -2.39. The van der Waals surface area contributed by atoms with Crippen molar-refractivity contribution in [3.8, 4) is 0 Å². The Balaban J connectivity index is 1.54. The number of amides is 1. The zero-order valence-electron chi connectivity index (χ0n) is 16.0. The molecule has 7 heteroatoms. The molecule has 150 valence electrons. The second-order valence-electron chi connectivity index (χ2n) is 6.91. The Hall–Kier alpha value is -3.48. The van der Waals surface area contributed by atoms with E-state index in [1.165, 1.54) is 48.9 Å². The number of hydrogen-bond acceptors (Lipinski definition) is 5. The fraction of sp³-hybridized carbons (Fsp3) is 0.273. The number of ether oxygens (including phenoxy) is 1. The van der Waals surface area contributed by atoms with Gasteiger partial charge in [0.05, 0.1) is 11.0 Å². The molecule has 0 aliphatic heterocycles. The highest BCUT2D eigenvalue weighted by Crippen LogP contribution is 2.29. The van der Waals surface area contributed by atoms with E-state index in [4.69, 9.17) is 4.74 Å². The quantitative estimate of drug-likeness (QED) is 0.348. The summed E-state index contributed by atoms with van der Waals surface area (Å²) in [6, 6.07) is 13.7. The molecule has 0 radical (unpaired) electrons. The van der Waals surface area contributed by atoms with Crippen molar-refractivity contribution in [2.24, 2.45) is 0 Å². The van der Waals surface area contributed by atoms with Crippen molar-refractivity contribution in [1.29, 1.82) is 0 Å². The van der Waals surface area contributed by atoms with Gasteiger partial charge in [-0.2, -0.15) is 0 Å². The van der Waals surface area contributed by atoms with Gasteiger partial charge < -0.3 is 10.1 Å². The van der Waals surface area contributed by atoms with Gasteiger partial charge in [-0.15, -0.1) is 0 Å². The maximum absolute atomic E-state index is 12.5. The number of fused-ring (bicyclic) bond motifs is 1. The van der Waals surface area contributed by atoms with Crippen LogP contribution in [0.15, 0.2) is 54.6 Å². The summed E-state index contributed by atoms with van der Waals surface area (Å²) in [7, 11) is 0. The van der Waals surface area contributed by atoms with Gasteiger partial charge in [-0.3, -0.25) is 14.9 Å². The number of carbonyl (C=O) groups excluding carboxylic acids is 2. The topological polar surface area (TPSA) is 98.5 Å². The summed E-state index contributed by atoms with van der Waals surface area (Å²) in [5.74, 6) is -1.00. The number of nitro groups is 1. The molecule has 1 N–H and O–H groups in total. The van der Waals surface area contributed by atoms with E-state index in [2.05, 4.69) is 11.4 Å². The molecule has 2 aromatic carbocycles. The minimum absolute atomic E-state index is 0.0284. The van der Waals surface area contributed by atoms with Gasteiger partial charge in [0, 0.05) is 18.2 Å². The standard InChI is InChI=1S/C22H22N2O5/c1-15(22(26)23-20-8-4-6-17-5-2-3-7-19(17)20)29-21(25)14-11-16-9-12-18(13-10-16)24(27)28/h2-3,5,7,9-15,20H,4,6,8H2,1H3,(H,23,26)/b14-11+/t15-,20+/m1/s1. The lowest BCUT2D eigenvalue weighted by molar-refractivity contribution is -0.384. The highest BCUT2D eigenvalue weighted by atomic mass is 16.6. The largest absolute Gasteiger partial charge is 0.449 e. The second-order valence-corrected chi connectivity index (χ2v) is 6.91. The molecule has 0 saturated heterocycles. The van der Waals surface area contributed by atoms with E-state index in [0.717, 1.165) is 24.8 Å². The Kier molecular flexibility index (Phi) is 6.39. The van der Waals surface area contributed by atoms with E-state index in [9.17, 15) is 19.7 Å². The van der Waals surface area contributed by atoms with Crippen molar-refractivity contribution >= 4 is 23.6 Å². The third-order valence-electron chi connectivity index (χ3n) is 4.86. The number of nitro benzene ring substituents is 1. The van der Waals surface area contributed by atoms with Gasteiger partial charge in [-0.05, 0) is 61.1 Å². The van der Waals surface area contributed by atoms with Crippen LogP contribution in [0.5, 0.6) is 0 Å². The summed E-state index contributed by atoms with van der Waals surface area (Å²) in [6.45, 7) is 1.53. The number of nitrogens with one attached hydrogen (secondary N) is 1. The first-order valence-corrected chi connectivity index (χ1v) is 9.45. The van der Waals surface area contributed by atoms with Crippen LogP contribution in [-0.2, 0) is 20.7 Å². The summed E-state index contributed by atoms with van der Waals surface area (Å²) in [5, 5.41) is 13.6. The van der Waals surface area contributed by atoms with E-state index < -0.39 is 17.0 Å². The monoisotopic (exact) mass is 394 g/mol. The van der Waals surface area contributed by atoms with Crippen molar-refractivity contribution in [3.05, 3.63) is 81.4 Å². The zero-order chi connectivity index (χ0) is 20.8. The number of nitrogens with zero attached hydrogens (tertiary/aromatic N) is 1. The average molecular weight is 394 g/mol. The zero-order valence-corrected chi connectivity index (χ0v) is 16.0. The SMILES string of the molecule is C[C@@H](OC(=O)/C=C/c1ccc([N+](=O)[O-])cc1)C(=O)N[C@H]1CCCc2ccccc21. The Bertz CT molecular complexity index is 936. The highest BCUT2D eigenvalue weighted by molar-refractivity contribution is 5.90. The van der Waals surface area contributed by atoms with Gasteiger partial charge >= 0.3 is 5.97 Å². The Morgan fingerprint density at radius 2 is 1.93 bits per heavy atom. The minimum atomic E-state index is -0.932. The Labute approximate surface area is 168 Å². The van der Waals surface area contributed by atoms with Crippen LogP contribution in [0.3, 0.4) is 0 Å².